The van der Waals surface area contributed by atoms with Crippen LogP contribution in [0.3, 0.4) is 0 Å². The topological polar surface area (TPSA) is 98.4 Å². The first-order valence-corrected chi connectivity index (χ1v) is 11.5. The maximum atomic E-state index is 12.9. The number of nitrogens with one attached hydrogen (secondary N) is 2. The van der Waals surface area contributed by atoms with Gasteiger partial charge in [0.05, 0.1) is 16.3 Å². The number of urea groups is 1. The van der Waals surface area contributed by atoms with Gasteiger partial charge in [-0.05, 0) is 30.7 Å². The van der Waals surface area contributed by atoms with Crippen LogP contribution in [0.2, 0.25) is 0 Å². The molecule has 5 rings (SSSR count). The van der Waals surface area contributed by atoms with E-state index >= 15 is 0 Å². The number of aromatic nitrogens is 2. The number of aromatic amines is 1. The lowest BCUT2D eigenvalue weighted by atomic mass is 10.1. The van der Waals surface area contributed by atoms with Crippen LogP contribution in [0.1, 0.15) is 23.5 Å². The first-order chi connectivity index (χ1) is 15.9. The zero-order valence-corrected chi connectivity index (χ0v) is 19.1. The number of H-pyrrole nitrogens is 1. The van der Waals surface area contributed by atoms with Gasteiger partial charge in [-0.15, -0.1) is 11.3 Å². The number of nitrogens with zero attached hydrogens (tertiary/aromatic N) is 3. The monoisotopic (exact) mass is 461 g/mol. The number of benzene rings is 2. The number of hydrogen-bond donors (Lipinski definition) is 2. The molecule has 3 heterocycles. The minimum Gasteiger partial charge on any atom is -0.361 e. The van der Waals surface area contributed by atoms with Crippen LogP contribution < -0.4 is 5.32 Å². The quantitative estimate of drug-likeness (QED) is 0.430. The maximum Gasteiger partial charge on any atom is 0.325 e. The van der Waals surface area contributed by atoms with E-state index in [0.29, 0.717) is 6.42 Å². The van der Waals surface area contributed by atoms with E-state index in [1.165, 1.54) is 16.2 Å². The number of para-hydroxylation sites is 2. The predicted octanol–water partition coefficient (Wildman–Crippen LogP) is 3.46. The summed E-state index contributed by atoms with van der Waals surface area (Å²) in [6, 6.07) is 14.1. The van der Waals surface area contributed by atoms with Gasteiger partial charge in [-0.25, -0.2) is 9.78 Å². The Balaban J connectivity index is 1.26. The third-order valence-corrected chi connectivity index (χ3v) is 7.35. The van der Waals surface area contributed by atoms with Gasteiger partial charge in [-0.3, -0.25) is 14.5 Å². The summed E-state index contributed by atoms with van der Waals surface area (Å²) in [6.07, 6.45) is 2.21. The van der Waals surface area contributed by atoms with E-state index in [0.717, 1.165) is 36.6 Å². The van der Waals surface area contributed by atoms with E-state index in [9.17, 15) is 14.4 Å². The average molecular weight is 462 g/mol. The zero-order chi connectivity index (χ0) is 23.1. The highest BCUT2D eigenvalue weighted by Crippen LogP contribution is 2.29. The molecule has 2 aromatic heterocycles. The highest BCUT2D eigenvalue weighted by atomic mass is 32.1. The SMILES string of the molecule is C[C@@H](c1nc2ccccc2s1)N(C)C(=O)CN1C(=O)N[C@@H](Cc2c[nH]c3ccccc23)C1=O. The van der Waals surface area contributed by atoms with Crippen LogP contribution in [0.4, 0.5) is 4.79 Å². The number of imide groups is 1. The highest BCUT2D eigenvalue weighted by Gasteiger charge is 2.40. The molecular weight excluding hydrogens is 438 g/mol. The maximum absolute atomic E-state index is 12.9. The molecule has 168 valence electrons. The molecule has 0 spiro atoms. The van der Waals surface area contributed by atoms with Crippen LogP contribution in [0.25, 0.3) is 21.1 Å². The third-order valence-electron chi connectivity index (χ3n) is 6.14. The second-order valence-electron chi connectivity index (χ2n) is 8.19. The van der Waals surface area contributed by atoms with Gasteiger partial charge in [0.25, 0.3) is 5.91 Å². The summed E-state index contributed by atoms with van der Waals surface area (Å²) in [5.74, 6) is -0.710. The molecule has 33 heavy (non-hydrogen) atoms. The van der Waals surface area contributed by atoms with E-state index in [2.05, 4.69) is 15.3 Å². The molecule has 2 aromatic carbocycles. The molecule has 0 aliphatic carbocycles. The number of rotatable bonds is 6. The summed E-state index contributed by atoms with van der Waals surface area (Å²) in [6.45, 7) is 1.59. The molecule has 4 amide bonds. The van der Waals surface area contributed by atoms with Gasteiger partial charge in [0.1, 0.15) is 17.6 Å². The predicted molar refractivity (Wildman–Crippen MR) is 127 cm³/mol. The second-order valence-corrected chi connectivity index (χ2v) is 9.25. The Morgan fingerprint density at radius 1 is 1.18 bits per heavy atom. The number of thiazole rings is 1. The van der Waals surface area contributed by atoms with Crippen LogP contribution in [0.5, 0.6) is 0 Å². The number of carbonyl (C=O) groups excluding carboxylic acids is 3. The van der Waals surface area contributed by atoms with Gasteiger partial charge in [-0.2, -0.15) is 0 Å². The summed E-state index contributed by atoms with van der Waals surface area (Å²) in [5.41, 5.74) is 2.81. The average Bonchev–Trinajstić information content (AvgIpc) is 3.51. The molecule has 1 fully saturated rings. The van der Waals surface area contributed by atoms with Gasteiger partial charge in [-0.1, -0.05) is 30.3 Å². The Hall–Kier alpha value is -3.72. The van der Waals surface area contributed by atoms with Crippen molar-refractivity contribution in [1.82, 2.24) is 25.1 Å². The molecule has 1 aliphatic heterocycles. The molecule has 2 N–H and O–H groups in total. The number of carbonyl (C=O) groups is 3. The molecule has 8 nitrogen and oxygen atoms in total. The van der Waals surface area contributed by atoms with Crippen LogP contribution in [-0.2, 0) is 16.0 Å². The van der Waals surface area contributed by atoms with E-state index in [-0.39, 0.29) is 24.4 Å². The second kappa shape index (κ2) is 8.32. The summed E-state index contributed by atoms with van der Waals surface area (Å²) in [4.78, 5) is 48.7. The molecule has 0 bridgehead atoms. The molecule has 0 saturated carbocycles. The molecule has 0 radical (unpaired) electrons. The fraction of sp³-hybridized carbons (Fsp3) is 0.250. The van der Waals surface area contributed by atoms with Gasteiger partial charge < -0.3 is 15.2 Å². The lowest BCUT2D eigenvalue weighted by Crippen LogP contribution is -2.42. The fourth-order valence-electron chi connectivity index (χ4n) is 4.08. The molecule has 0 unspecified atom stereocenters. The molecule has 1 aliphatic rings. The van der Waals surface area contributed by atoms with Crippen LogP contribution in [0.15, 0.2) is 54.7 Å². The van der Waals surface area contributed by atoms with Crippen molar-refractivity contribution >= 4 is 50.3 Å². The van der Waals surface area contributed by atoms with E-state index < -0.39 is 12.1 Å². The van der Waals surface area contributed by atoms with E-state index in [4.69, 9.17) is 0 Å². The largest absolute Gasteiger partial charge is 0.361 e. The smallest absolute Gasteiger partial charge is 0.325 e. The van der Waals surface area contributed by atoms with Crippen LogP contribution in [-0.4, -0.2) is 57.2 Å². The lowest BCUT2D eigenvalue weighted by Gasteiger charge is -2.25. The molecule has 4 aromatic rings. The van der Waals surface area contributed by atoms with Crippen molar-refractivity contribution in [2.75, 3.05) is 13.6 Å². The Bertz CT molecular complexity index is 1340. The van der Waals surface area contributed by atoms with Crippen molar-refractivity contribution in [3.05, 3.63) is 65.3 Å². The number of amides is 4. The van der Waals surface area contributed by atoms with Gasteiger partial charge in [0.2, 0.25) is 5.91 Å². The molecule has 2 atom stereocenters. The van der Waals surface area contributed by atoms with Crippen molar-refractivity contribution in [1.29, 1.82) is 0 Å². The number of likely N-dealkylation sites (N-methyl/N-ethyl adjacent to an activating group) is 1. The van der Waals surface area contributed by atoms with Gasteiger partial charge in [0, 0.05) is 30.6 Å². The molecular formula is C24H23N5O3S. The van der Waals surface area contributed by atoms with Gasteiger partial charge >= 0.3 is 6.03 Å². The Kier molecular flexibility index (Phi) is 5.33. The van der Waals surface area contributed by atoms with Crippen LogP contribution >= 0.6 is 11.3 Å². The fourth-order valence-corrected chi connectivity index (χ4v) is 5.15. The number of hydrogen-bond acceptors (Lipinski definition) is 5. The van der Waals surface area contributed by atoms with Crippen molar-refractivity contribution in [3.63, 3.8) is 0 Å². The standard InChI is InChI=1S/C24H23N5O3S/c1-14(22-26-18-9-5-6-10-20(18)33-22)28(2)21(30)13-29-23(31)19(27-24(29)32)11-15-12-25-17-8-4-3-7-16(15)17/h3-10,12,14,19,25H,11,13H2,1-2H3,(H,27,32)/t14-,19-/m0/s1. The zero-order valence-electron chi connectivity index (χ0n) is 18.2. The van der Waals surface area contributed by atoms with E-state index in [1.54, 1.807) is 7.05 Å². The molecule has 1 saturated heterocycles. The van der Waals surface area contributed by atoms with Crippen molar-refractivity contribution in [3.8, 4) is 0 Å². The van der Waals surface area contributed by atoms with Crippen LogP contribution in [0, 0.1) is 0 Å². The first kappa shape index (κ1) is 21.1. The Morgan fingerprint density at radius 3 is 2.76 bits per heavy atom. The van der Waals surface area contributed by atoms with Gasteiger partial charge in [0.15, 0.2) is 0 Å². The Morgan fingerprint density at radius 2 is 1.94 bits per heavy atom. The lowest BCUT2D eigenvalue weighted by molar-refractivity contribution is -0.137. The minimum atomic E-state index is -0.698. The summed E-state index contributed by atoms with van der Waals surface area (Å²) < 4.78 is 1.05. The first-order valence-electron chi connectivity index (χ1n) is 10.7. The normalized spacial score (nSPS) is 17.0. The summed E-state index contributed by atoms with van der Waals surface area (Å²) in [5, 5.41) is 4.54. The minimum absolute atomic E-state index is 0.280. The van der Waals surface area contributed by atoms with Crippen molar-refractivity contribution in [2.24, 2.45) is 0 Å². The number of fused-ring (bicyclic) bond motifs is 2. The molecule has 9 heteroatoms. The third kappa shape index (κ3) is 3.84. The van der Waals surface area contributed by atoms with E-state index in [1.807, 2.05) is 61.7 Å². The highest BCUT2D eigenvalue weighted by molar-refractivity contribution is 7.18. The summed E-state index contributed by atoms with van der Waals surface area (Å²) >= 11 is 1.53. The van der Waals surface area contributed by atoms with Crippen molar-refractivity contribution in [2.45, 2.75) is 25.4 Å². The van der Waals surface area contributed by atoms with Crippen molar-refractivity contribution < 1.29 is 14.4 Å². The summed E-state index contributed by atoms with van der Waals surface area (Å²) in [7, 11) is 1.67. The Labute approximate surface area is 194 Å².